The molecule has 4 aromatic rings. The van der Waals surface area contributed by atoms with Crippen molar-refractivity contribution in [2.75, 3.05) is 5.32 Å². The number of benzene rings is 2. The number of nitrogens with zero attached hydrogens (tertiary/aromatic N) is 5. The largest absolute Gasteiger partial charge is 0.458 e. The number of aryl methyl sites for hydroxylation is 2. The smallest absolute Gasteiger partial charge is 0.416 e. The van der Waals surface area contributed by atoms with Gasteiger partial charge in [0, 0.05) is 57.2 Å². The maximum atomic E-state index is 14.0. The van der Waals surface area contributed by atoms with E-state index in [1.807, 2.05) is 0 Å². The molecule has 208 valence electrons. The maximum Gasteiger partial charge on any atom is 0.416 e. The van der Waals surface area contributed by atoms with Crippen LogP contribution in [-0.2, 0) is 31.5 Å². The summed E-state index contributed by atoms with van der Waals surface area (Å²) in [6, 6.07) is 9.36. The molecular formula is C28H28F3N7O2. The second-order valence-corrected chi connectivity index (χ2v) is 8.97. The Morgan fingerprint density at radius 2 is 1.98 bits per heavy atom. The van der Waals surface area contributed by atoms with Gasteiger partial charge in [0.1, 0.15) is 17.3 Å². The lowest BCUT2D eigenvalue weighted by Gasteiger charge is -2.15. The molecule has 9 nitrogen and oxygen atoms in total. The highest BCUT2D eigenvalue weighted by Gasteiger charge is 2.34. The van der Waals surface area contributed by atoms with Gasteiger partial charge in [-0.3, -0.25) is 4.79 Å². The van der Waals surface area contributed by atoms with Gasteiger partial charge >= 0.3 is 6.18 Å². The van der Waals surface area contributed by atoms with E-state index in [-0.39, 0.29) is 29.4 Å². The number of fused-ring (bicyclic) bond motifs is 1. The fourth-order valence-electron chi connectivity index (χ4n) is 4.04. The van der Waals surface area contributed by atoms with Gasteiger partial charge in [0.15, 0.2) is 0 Å². The quantitative estimate of drug-likeness (QED) is 0.160. The Hall–Kier alpha value is -4.87. The number of ether oxygens (including phenoxy) is 1. The van der Waals surface area contributed by atoms with Gasteiger partial charge in [-0.15, -0.1) is 0 Å². The number of amides is 1. The lowest BCUT2D eigenvalue weighted by molar-refractivity contribution is -0.138. The lowest BCUT2D eigenvalue weighted by atomic mass is 10.0. The van der Waals surface area contributed by atoms with Gasteiger partial charge in [-0.2, -0.15) is 13.2 Å². The number of halogens is 3. The van der Waals surface area contributed by atoms with Crippen molar-refractivity contribution in [2.45, 2.75) is 26.4 Å². The van der Waals surface area contributed by atoms with Gasteiger partial charge in [-0.1, -0.05) is 6.07 Å². The number of allylic oxidation sites excluding steroid dienone is 2. The summed E-state index contributed by atoms with van der Waals surface area (Å²) in [5.41, 5.74) is 1.64. The van der Waals surface area contributed by atoms with Gasteiger partial charge in [0.25, 0.3) is 0 Å². The third-order valence-corrected chi connectivity index (χ3v) is 6.09. The fourth-order valence-corrected chi connectivity index (χ4v) is 4.04. The summed E-state index contributed by atoms with van der Waals surface area (Å²) in [5.74, 6) is 1.20. The van der Waals surface area contributed by atoms with Crippen molar-refractivity contribution in [2.24, 2.45) is 19.1 Å². The van der Waals surface area contributed by atoms with Crippen LogP contribution in [0.5, 0.6) is 5.75 Å². The number of carbonyl (C=O) groups is 1. The number of hydrogen-bond donors (Lipinski definition) is 2. The van der Waals surface area contributed by atoms with E-state index in [0.29, 0.717) is 34.2 Å². The molecular weight excluding hydrogens is 523 g/mol. The molecule has 0 radical (unpaired) electrons. The Kier molecular flexibility index (Phi) is 8.08. The van der Waals surface area contributed by atoms with Gasteiger partial charge in [-0.25, -0.2) is 15.0 Å². The molecule has 0 saturated heterocycles. The van der Waals surface area contributed by atoms with Gasteiger partial charge in [-0.05, 0) is 49.5 Å². The number of aromatic nitrogens is 4. The Labute approximate surface area is 228 Å². The molecule has 2 aromatic carbocycles. The molecule has 0 atom stereocenters. The Morgan fingerprint density at radius 3 is 2.60 bits per heavy atom. The van der Waals surface area contributed by atoms with Crippen molar-refractivity contribution in [3.05, 3.63) is 89.5 Å². The molecule has 0 bridgehead atoms. The molecule has 0 unspecified atom stereocenters. The standard InChI is InChI=1S/C28H28F3N7O2/c1-6-21(14-26(32-3)34-17(2)39)40-22-9-10-24-25(13-22)38(5)27(36-24)35-19-8-7-18(23(12-19)28(29,30)31)11-20-15-33-16-37(20)4/h6-10,12-16H,3,11H2,1-2,4-5H3,(H,34,39)(H,35,36)/b21-6+,26-14+. The van der Waals surface area contributed by atoms with Crippen LogP contribution < -0.4 is 15.4 Å². The van der Waals surface area contributed by atoms with Crippen LogP contribution in [0.4, 0.5) is 24.8 Å². The molecule has 0 aliphatic carbocycles. The van der Waals surface area contributed by atoms with E-state index in [4.69, 9.17) is 4.74 Å². The van der Waals surface area contributed by atoms with Crippen LogP contribution in [-0.4, -0.2) is 31.7 Å². The van der Waals surface area contributed by atoms with Gasteiger partial charge in [0.05, 0.1) is 22.9 Å². The number of aliphatic imine (C=N–C) groups is 1. The molecule has 0 aliphatic heterocycles. The molecule has 0 fully saturated rings. The highest BCUT2D eigenvalue weighted by atomic mass is 19.4. The van der Waals surface area contributed by atoms with Gasteiger partial charge in [0.2, 0.25) is 11.9 Å². The molecule has 2 N–H and O–H groups in total. The van der Waals surface area contributed by atoms with E-state index in [1.54, 1.807) is 73.0 Å². The predicted octanol–water partition coefficient (Wildman–Crippen LogP) is 5.62. The van der Waals surface area contributed by atoms with E-state index in [9.17, 15) is 18.0 Å². The average Bonchev–Trinajstić information content (AvgIpc) is 3.44. The van der Waals surface area contributed by atoms with E-state index in [0.717, 1.165) is 6.07 Å². The van der Waals surface area contributed by atoms with Crippen LogP contribution in [0.1, 0.15) is 30.7 Å². The van der Waals surface area contributed by atoms with Gasteiger partial charge < -0.3 is 24.5 Å². The maximum absolute atomic E-state index is 14.0. The topological polar surface area (TPSA) is 98.4 Å². The summed E-state index contributed by atoms with van der Waals surface area (Å²) in [4.78, 5) is 23.6. The second-order valence-electron chi connectivity index (χ2n) is 8.97. The van der Waals surface area contributed by atoms with Crippen molar-refractivity contribution < 1.29 is 22.7 Å². The Bertz CT molecular complexity index is 1630. The van der Waals surface area contributed by atoms with Crippen LogP contribution in [0, 0.1) is 0 Å². The summed E-state index contributed by atoms with van der Waals surface area (Å²) in [6.07, 6.45) is 1.90. The van der Waals surface area contributed by atoms with Crippen LogP contribution in [0.2, 0.25) is 0 Å². The number of hydrogen-bond acceptors (Lipinski definition) is 6. The lowest BCUT2D eigenvalue weighted by Crippen LogP contribution is -2.18. The number of imidazole rings is 2. The molecule has 1 amide bonds. The van der Waals surface area contributed by atoms with Crippen molar-refractivity contribution in [3.8, 4) is 5.75 Å². The average molecular weight is 552 g/mol. The minimum absolute atomic E-state index is 0.0965. The van der Waals surface area contributed by atoms with Crippen LogP contribution in [0.3, 0.4) is 0 Å². The molecule has 0 aliphatic rings. The van der Waals surface area contributed by atoms with Crippen LogP contribution >= 0.6 is 0 Å². The summed E-state index contributed by atoms with van der Waals surface area (Å²) < 4.78 is 51.2. The van der Waals surface area contributed by atoms with Crippen molar-refractivity contribution >= 4 is 35.3 Å². The van der Waals surface area contributed by atoms with Crippen LogP contribution in [0.15, 0.2) is 77.6 Å². The molecule has 0 spiro atoms. The fraction of sp³-hybridized carbons (Fsp3) is 0.214. The summed E-state index contributed by atoms with van der Waals surface area (Å²) in [5, 5.41) is 5.56. The number of anilines is 2. The first kappa shape index (κ1) is 28.1. The SMILES string of the molecule is C=N/C(=C\C(=C/C)Oc1ccc2nc(Nc3ccc(Cc4cncn4C)c(C(F)(F)F)c3)n(C)c2c1)NC(C)=O. The van der Waals surface area contributed by atoms with Crippen LogP contribution in [0.25, 0.3) is 11.0 Å². The zero-order chi connectivity index (χ0) is 29.0. The van der Waals surface area contributed by atoms with Crippen molar-refractivity contribution in [3.63, 3.8) is 0 Å². The second kappa shape index (κ2) is 11.5. The van der Waals surface area contributed by atoms with E-state index in [1.165, 1.54) is 19.1 Å². The molecule has 2 aromatic heterocycles. The highest BCUT2D eigenvalue weighted by molar-refractivity contribution is 5.81. The molecule has 12 heteroatoms. The predicted molar refractivity (Wildman–Crippen MR) is 147 cm³/mol. The molecule has 2 heterocycles. The van der Waals surface area contributed by atoms with E-state index >= 15 is 0 Å². The Morgan fingerprint density at radius 1 is 1.20 bits per heavy atom. The number of carbonyl (C=O) groups excluding carboxylic acids is 1. The molecule has 40 heavy (non-hydrogen) atoms. The first-order chi connectivity index (χ1) is 19.0. The van der Waals surface area contributed by atoms with Crippen molar-refractivity contribution in [1.29, 1.82) is 0 Å². The number of nitrogens with one attached hydrogen (secondary N) is 2. The first-order valence-corrected chi connectivity index (χ1v) is 12.2. The Balaban J connectivity index is 1.60. The third-order valence-electron chi connectivity index (χ3n) is 6.09. The summed E-state index contributed by atoms with van der Waals surface area (Å²) in [7, 11) is 3.49. The summed E-state index contributed by atoms with van der Waals surface area (Å²) >= 11 is 0. The number of alkyl halides is 3. The zero-order valence-corrected chi connectivity index (χ0v) is 22.4. The molecule has 4 rings (SSSR count). The first-order valence-electron chi connectivity index (χ1n) is 12.2. The highest BCUT2D eigenvalue weighted by Crippen LogP contribution is 2.36. The normalized spacial score (nSPS) is 12.5. The molecule has 0 saturated carbocycles. The third kappa shape index (κ3) is 6.40. The number of rotatable bonds is 9. The van der Waals surface area contributed by atoms with E-state index in [2.05, 4.69) is 32.3 Å². The zero-order valence-electron chi connectivity index (χ0n) is 22.4. The monoisotopic (exact) mass is 551 g/mol. The minimum atomic E-state index is -4.54. The minimum Gasteiger partial charge on any atom is -0.458 e. The van der Waals surface area contributed by atoms with E-state index < -0.39 is 11.7 Å². The summed E-state index contributed by atoms with van der Waals surface area (Å²) in [6.45, 7) is 6.57. The van der Waals surface area contributed by atoms with Crippen molar-refractivity contribution in [1.82, 2.24) is 24.4 Å².